The fourth-order valence-electron chi connectivity index (χ4n) is 2.71. The number of Topliss-reactive ketones (excluding diaryl/α,β-unsaturated/α-hetero) is 1. The van der Waals surface area contributed by atoms with Gasteiger partial charge in [-0.1, -0.05) is 26.7 Å². The van der Waals surface area contributed by atoms with Crippen molar-refractivity contribution in [2.45, 2.75) is 70.7 Å². The van der Waals surface area contributed by atoms with Gasteiger partial charge < -0.3 is 4.90 Å². The Morgan fingerprint density at radius 3 is 2.61 bits per heavy atom. The van der Waals surface area contributed by atoms with E-state index in [0.29, 0.717) is 0 Å². The molecule has 0 radical (unpaired) electrons. The summed E-state index contributed by atoms with van der Waals surface area (Å²) in [5, 5.41) is -0.332. The molecule has 0 bridgehead atoms. The molecule has 0 aromatic carbocycles. The number of carbonyl (C=O) groups excluding carboxylic acids is 2. The second-order valence-electron chi connectivity index (χ2n) is 6.11. The lowest BCUT2D eigenvalue weighted by Gasteiger charge is -2.39. The molecule has 1 amide bonds. The Balaban J connectivity index is 2.76. The normalized spacial score (nSPS) is 23.5. The average molecular weight is 251 g/mol. The van der Waals surface area contributed by atoms with Crippen molar-refractivity contribution in [2.75, 3.05) is 6.54 Å². The molecule has 1 rings (SSSR count). The number of hydrogen-bond acceptors (Lipinski definition) is 2. The van der Waals surface area contributed by atoms with Crippen molar-refractivity contribution < 1.29 is 9.59 Å². The molecule has 1 heterocycles. The molecule has 0 spiro atoms. The number of likely N-dealkylation sites (tertiary alicyclic amines) is 1. The molecule has 1 aliphatic rings. The summed E-state index contributed by atoms with van der Waals surface area (Å²) in [6.07, 6.45) is 6.00. The van der Waals surface area contributed by atoms with Gasteiger partial charge in [0.15, 0.2) is 5.78 Å². The topological polar surface area (TPSA) is 37.4 Å². The van der Waals surface area contributed by atoms with Crippen molar-refractivity contribution in [1.29, 1.82) is 0 Å². The highest BCUT2D eigenvalue weighted by atomic mass is 16.2. The lowest BCUT2D eigenvalue weighted by atomic mass is 9.66. The Bertz CT molecular complexity index is 315. The molecular weight excluding hydrogens is 225 g/mol. The molecule has 0 aromatic heterocycles. The first-order valence-electron chi connectivity index (χ1n) is 7.21. The van der Waals surface area contributed by atoms with E-state index in [4.69, 9.17) is 0 Å². The summed E-state index contributed by atoms with van der Waals surface area (Å²) in [7, 11) is 2.01. The summed E-state index contributed by atoms with van der Waals surface area (Å²) >= 11 is 0. The molecule has 1 saturated heterocycles. The van der Waals surface area contributed by atoms with E-state index in [0.717, 1.165) is 45.1 Å². The monoisotopic (exact) mass is 251 g/mol. The molecule has 0 aromatic rings. The number of unbranched alkanes of at least 4 members (excludes halogenated alkanes) is 1. The van der Waals surface area contributed by atoms with Crippen molar-refractivity contribution >= 4 is 19.5 Å². The summed E-state index contributed by atoms with van der Waals surface area (Å²) in [6, 6.07) is -0.174. The third-order valence-corrected chi connectivity index (χ3v) is 3.97. The summed E-state index contributed by atoms with van der Waals surface area (Å²) in [6.45, 7) is 6.50. The average Bonchev–Trinajstić information content (AvgIpc) is 2.35. The van der Waals surface area contributed by atoms with E-state index in [1.54, 1.807) is 6.92 Å². The Kier molecular flexibility index (Phi) is 5.42. The van der Waals surface area contributed by atoms with Crippen molar-refractivity contribution in [3.63, 3.8) is 0 Å². The molecule has 102 valence electrons. The van der Waals surface area contributed by atoms with Crippen molar-refractivity contribution in [3.8, 4) is 0 Å². The molecule has 2 unspecified atom stereocenters. The highest BCUT2D eigenvalue weighted by Gasteiger charge is 2.37. The van der Waals surface area contributed by atoms with E-state index in [1.807, 2.05) is 19.7 Å². The van der Waals surface area contributed by atoms with Crippen LogP contribution in [0.15, 0.2) is 0 Å². The van der Waals surface area contributed by atoms with Crippen LogP contribution in [0.1, 0.15) is 59.3 Å². The quantitative estimate of drug-likeness (QED) is 0.700. The maximum absolute atomic E-state index is 12.6. The van der Waals surface area contributed by atoms with Gasteiger partial charge in [0.05, 0.1) is 6.04 Å². The van der Waals surface area contributed by atoms with Crippen molar-refractivity contribution in [2.24, 2.45) is 0 Å². The van der Waals surface area contributed by atoms with Gasteiger partial charge in [0, 0.05) is 11.9 Å². The van der Waals surface area contributed by atoms with Crippen LogP contribution in [0.5, 0.6) is 0 Å². The van der Waals surface area contributed by atoms with Crippen LogP contribution in [-0.4, -0.2) is 37.0 Å². The van der Waals surface area contributed by atoms with E-state index in [2.05, 4.69) is 6.92 Å². The van der Waals surface area contributed by atoms with E-state index < -0.39 is 0 Å². The lowest BCUT2D eigenvalue weighted by Crippen LogP contribution is -2.50. The molecule has 1 fully saturated rings. The molecule has 18 heavy (non-hydrogen) atoms. The number of amides is 1. The van der Waals surface area contributed by atoms with E-state index in [1.165, 1.54) is 0 Å². The molecule has 1 aliphatic heterocycles. The van der Waals surface area contributed by atoms with E-state index in [9.17, 15) is 9.59 Å². The predicted molar refractivity (Wildman–Crippen MR) is 76.5 cm³/mol. The van der Waals surface area contributed by atoms with Crippen LogP contribution >= 0.6 is 0 Å². The fraction of sp³-hybridized carbons (Fsp3) is 0.857. The number of hydrogen-bond donors (Lipinski definition) is 0. The smallest absolute Gasteiger partial charge is 0.221 e. The Morgan fingerprint density at radius 1 is 1.39 bits per heavy atom. The summed E-state index contributed by atoms with van der Waals surface area (Å²) < 4.78 is 0. The number of carbonyl (C=O) groups is 2. The van der Waals surface area contributed by atoms with Gasteiger partial charge in [-0.05, 0) is 32.6 Å². The molecule has 0 aliphatic carbocycles. The number of piperidine rings is 1. The highest BCUT2D eigenvalue weighted by Crippen LogP contribution is 2.33. The first kappa shape index (κ1) is 15.3. The zero-order valence-electron chi connectivity index (χ0n) is 12.3. The zero-order valence-corrected chi connectivity index (χ0v) is 12.3. The van der Waals surface area contributed by atoms with Gasteiger partial charge in [0.2, 0.25) is 5.91 Å². The lowest BCUT2D eigenvalue weighted by molar-refractivity contribution is -0.143. The second kappa shape index (κ2) is 6.39. The maximum Gasteiger partial charge on any atom is 0.221 e. The van der Waals surface area contributed by atoms with Gasteiger partial charge >= 0.3 is 0 Å². The van der Waals surface area contributed by atoms with Crippen LogP contribution in [0.2, 0.25) is 5.31 Å². The van der Waals surface area contributed by atoms with Gasteiger partial charge in [0.25, 0.3) is 0 Å². The first-order valence-corrected chi connectivity index (χ1v) is 7.21. The first-order chi connectivity index (χ1) is 8.40. The van der Waals surface area contributed by atoms with Crippen LogP contribution in [0, 0.1) is 0 Å². The predicted octanol–water partition coefficient (Wildman–Crippen LogP) is 1.96. The third-order valence-electron chi connectivity index (χ3n) is 3.97. The largest absolute Gasteiger partial charge is 0.333 e. The standard InChI is InChI=1S/C14H26BNO2/c1-4-5-9-14(3,15)13(18)16-10-7-6-8-12(16)11(2)17/h12H,4-10,15H2,1-3H3. The molecule has 4 heteroatoms. The fourth-order valence-corrected chi connectivity index (χ4v) is 2.71. The number of nitrogens with zero attached hydrogens (tertiary/aromatic N) is 1. The summed E-state index contributed by atoms with van der Waals surface area (Å²) in [4.78, 5) is 26.1. The van der Waals surface area contributed by atoms with E-state index in [-0.39, 0.29) is 23.0 Å². The molecular formula is C14H26BNO2. The van der Waals surface area contributed by atoms with Crippen LogP contribution < -0.4 is 0 Å². The van der Waals surface area contributed by atoms with Crippen molar-refractivity contribution in [1.82, 2.24) is 4.90 Å². The molecule has 0 saturated carbocycles. The van der Waals surface area contributed by atoms with E-state index >= 15 is 0 Å². The molecule has 2 atom stereocenters. The van der Waals surface area contributed by atoms with Gasteiger partial charge in [-0.15, -0.1) is 0 Å². The minimum atomic E-state index is -0.332. The summed E-state index contributed by atoms with van der Waals surface area (Å²) in [5.41, 5.74) is 0. The zero-order chi connectivity index (χ0) is 13.8. The second-order valence-corrected chi connectivity index (χ2v) is 6.11. The molecule has 3 nitrogen and oxygen atoms in total. The Morgan fingerprint density at radius 2 is 2.06 bits per heavy atom. The van der Waals surface area contributed by atoms with Gasteiger partial charge in [-0.3, -0.25) is 9.59 Å². The van der Waals surface area contributed by atoms with Crippen molar-refractivity contribution in [3.05, 3.63) is 0 Å². The minimum Gasteiger partial charge on any atom is -0.333 e. The Hall–Kier alpha value is -0.795. The number of ketones is 1. The maximum atomic E-state index is 12.6. The van der Waals surface area contributed by atoms with Gasteiger partial charge in [0.1, 0.15) is 7.85 Å². The SMILES string of the molecule is BC(C)(CCCC)C(=O)N1CCCCC1C(C)=O. The Labute approximate surface area is 112 Å². The van der Waals surface area contributed by atoms with Crippen LogP contribution in [0.4, 0.5) is 0 Å². The van der Waals surface area contributed by atoms with Crippen LogP contribution in [0.3, 0.4) is 0 Å². The molecule has 0 N–H and O–H groups in total. The minimum absolute atomic E-state index is 0.134. The summed E-state index contributed by atoms with van der Waals surface area (Å²) in [5.74, 6) is 0.296. The van der Waals surface area contributed by atoms with Gasteiger partial charge in [-0.25, -0.2) is 0 Å². The highest BCUT2D eigenvalue weighted by molar-refractivity contribution is 6.27. The third kappa shape index (κ3) is 3.60. The van der Waals surface area contributed by atoms with Crippen LogP contribution in [-0.2, 0) is 9.59 Å². The van der Waals surface area contributed by atoms with Crippen LogP contribution in [0.25, 0.3) is 0 Å². The number of rotatable bonds is 5. The van der Waals surface area contributed by atoms with Gasteiger partial charge in [-0.2, -0.15) is 0 Å².